The van der Waals surface area contributed by atoms with Crippen molar-refractivity contribution < 1.29 is 0 Å². The highest BCUT2D eigenvalue weighted by molar-refractivity contribution is 5.24. The van der Waals surface area contributed by atoms with Crippen LogP contribution in [0.1, 0.15) is 12.8 Å². The van der Waals surface area contributed by atoms with Crippen LogP contribution in [-0.2, 0) is 0 Å². The van der Waals surface area contributed by atoms with E-state index in [0.29, 0.717) is 6.04 Å². The third-order valence-electron chi connectivity index (χ3n) is 2.24. The summed E-state index contributed by atoms with van der Waals surface area (Å²) in [4.78, 5) is 8.26. The molecule has 70 valence electrons. The van der Waals surface area contributed by atoms with Gasteiger partial charge in [0.15, 0.2) is 0 Å². The highest BCUT2D eigenvalue weighted by atomic mass is 15.1. The first-order valence-electron chi connectivity index (χ1n) is 4.69. The minimum atomic E-state index is 0.531. The Balaban J connectivity index is 1.90. The third-order valence-corrected chi connectivity index (χ3v) is 2.24. The summed E-state index contributed by atoms with van der Waals surface area (Å²) in [6.07, 6.45) is 5.82. The maximum Gasteiger partial charge on any atom is 0.222 e. The molecule has 1 aromatic rings. The molecule has 1 aromatic heterocycles. The Bertz CT molecular complexity index is 243. The van der Waals surface area contributed by atoms with Gasteiger partial charge in [-0.3, -0.25) is 0 Å². The first-order valence-corrected chi connectivity index (χ1v) is 4.69. The Kier molecular flexibility index (Phi) is 2.72. The molecule has 0 aromatic carbocycles. The summed E-state index contributed by atoms with van der Waals surface area (Å²) in [6.45, 7) is 2.18. The maximum atomic E-state index is 4.13. The van der Waals surface area contributed by atoms with Crippen LogP contribution in [0, 0.1) is 0 Å². The van der Waals surface area contributed by atoms with E-state index >= 15 is 0 Å². The maximum absolute atomic E-state index is 4.13. The fraction of sp³-hybridized carbons (Fsp3) is 0.556. The molecule has 4 heteroatoms. The standard InChI is InChI=1S/C9H14N4/c1-4-11-9(12-5-1)13-8-2-6-10-7-3-8/h1,4-5,8,10H,2-3,6-7H2,(H,11,12,13). The van der Waals surface area contributed by atoms with Crippen LogP contribution in [0.3, 0.4) is 0 Å². The summed E-state index contributed by atoms with van der Waals surface area (Å²) in [5, 5.41) is 6.64. The van der Waals surface area contributed by atoms with Gasteiger partial charge in [-0.1, -0.05) is 0 Å². The second-order valence-corrected chi connectivity index (χ2v) is 3.24. The van der Waals surface area contributed by atoms with E-state index in [2.05, 4.69) is 20.6 Å². The number of nitrogens with zero attached hydrogens (tertiary/aromatic N) is 2. The lowest BCUT2D eigenvalue weighted by Gasteiger charge is -2.23. The van der Waals surface area contributed by atoms with Crippen LogP contribution in [0.15, 0.2) is 18.5 Å². The molecular formula is C9H14N4. The van der Waals surface area contributed by atoms with Crippen LogP contribution in [-0.4, -0.2) is 29.1 Å². The molecule has 0 unspecified atom stereocenters. The molecule has 1 aliphatic heterocycles. The van der Waals surface area contributed by atoms with Crippen molar-refractivity contribution in [3.05, 3.63) is 18.5 Å². The second-order valence-electron chi connectivity index (χ2n) is 3.24. The molecule has 1 fully saturated rings. The molecule has 0 radical (unpaired) electrons. The number of hydrogen-bond donors (Lipinski definition) is 2. The molecule has 0 aliphatic carbocycles. The van der Waals surface area contributed by atoms with Gasteiger partial charge in [-0.2, -0.15) is 0 Å². The Morgan fingerprint density at radius 1 is 1.23 bits per heavy atom. The van der Waals surface area contributed by atoms with Gasteiger partial charge < -0.3 is 10.6 Å². The zero-order chi connectivity index (χ0) is 8.93. The smallest absolute Gasteiger partial charge is 0.222 e. The minimum Gasteiger partial charge on any atom is -0.351 e. The lowest BCUT2D eigenvalue weighted by atomic mass is 10.1. The normalized spacial score (nSPS) is 18.5. The molecule has 1 aliphatic rings. The molecule has 1 saturated heterocycles. The molecule has 0 spiro atoms. The van der Waals surface area contributed by atoms with Gasteiger partial charge in [-0.15, -0.1) is 0 Å². The van der Waals surface area contributed by atoms with Gasteiger partial charge in [0, 0.05) is 18.4 Å². The molecule has 0 amide bonds. The van der Waals surface area contributed by atoms with Crippen LogP contribution in [0.2, 0.25) is 0 Å². The van der Waals surface area contributed by atoms with Gasteiger partial charge in [0.05, 0.1) is 0 Å². The SMILES string of the molecule is c1cnc(NC2CCNCC2)nc1. The van der Waals surface area contributed by atoms with Crippen molar-refractivity contribution in [2.45, 2.75) is 18.9 Å². The van der Waals surface area contributed by atoms with Crippen LogP contribution in [0.4, 0.5) is 5.95 Å². The zero-order valence-electron chi connectivity index (χ0n) is 7.53. The fourth-order valence-electron chi connectivity index (χ4n) is 1.52. The summed E-state index contributed by atoms with van der Waals surface area (Å²) in [5.74, 6) is 0.745. The molecule has 0 atom stereocenters. The molecule has 2 heterocycles. The van der Waals surface area contributed by atoms with Gasteiger partial charge in [0.2, 0.25) is 5.95 Å². The van der Waals surface area contributed by atoms with E-state index in [9.17, 15) is 0 Å². The van der Waals surface area contributed by atoms with Crippen LogP contribution >= 0.6 is 0 Å². The van der Waals surface area contributed by atoms with E-state index in [1.54, 1.807) is 12.4 Å². The van der Waals surface area contributed by atoms with E-state index < -0.39 is 0 Å². The highest BCUT2D eigenvalue weighted by Crippen LogP contribution is 2.07. The van der Waals surface area contributed by atoms with E-state index in [4.69, 9.17) is 0 Å². The molecule has 0 saturated carbocycles. The Morgan fingerprint density at radius 3 is 2.62 bits per heavy atom. The zero-order valence-corrected chi connectivity index (χ0v) is 7.53. The molecular weight excluding hydrogens is 164 g/mol. The number of hydrogen-bond acceptors (Lipinski definition) is 4. The first kappa shape index (κ1) is 8.44. The van der Waals surface area contributed by atoms with Crippen molar-refractivity contribution in [3.63, 3.8) is 0 Å². The highest BCUT2D eigenvalue weighted by Gasteiger charge is 2.12. The number of rotatable bonds is 2. The van der Waals surface area contributed by atoms with Gasteiger partial charge in [-0.25, -0.2) is 9.97 Å². The first-order chi connectivity index (χ1) is 6.45. The number of piperidine rings is 1. The Morgan fingerprint density at radius 2 is 1.92 bits per heavy atom. The second kappa shape index (κ2) is 4.18. The van der Waals surface area contributed by atoms with Crippen molar-refractivity contribution in [3.8, 4) is 0 Å². The van der Waals surface area contributed by atoms with Crippen molar-refractivity contribution in [2.24, 2.45) is 0 Å². The summed E-state index contributed by atoms with van der Waals surface area (Å²) in [5.41, 5.74) is 0. The summed E-state index contributed by atoms with van der Waals surface area (Å²) in [6, 6.07) is 2.36. The largest absolute Gasteiger partial charge is 0.351 e. The van der Waals surface area contributed by atoms with E-state index in [0.717, 1.165) is 31.9 Å². The minimum absolute atomic E-state index is 0.531. The van der Waals surface area contributed by atoms with E-state index in [1.807, 2.05) is 6.07 Å². The average molecular weight is 178 g/mol. The monoisotopic (exact) mass is 178 g/mol. The van der Waals surface area contributed by atoms with Crippen LogP contribution in [0.5, 0.6) is 0 Å². The summed E-state index contributed by atoms with van der Waals surface area (Å²) < 4.78 is 0. The van der Waals surface area contributed by atoms with Gasteiger partial charge >= 0.3 is 0 Å². The number of nitrogens with one attached hydrogen (secondary N) is 2. The Labute approximate surface area is 77.8 Å². The topological polar surface area (TPSA) is 49.8 Å². The summed E-state index contributed by atoms with van der Waals surface area (Å²) >= 11 is 0. The summed E-state index contributed by atoms with van der Waals surface area (Å²) in [7, 11) is 0. The van der Waals surface area contributed by atoms with E-state index in [1.165, 1.54) is 0 Å². The molecule has 0 bridgehead atoms. The molecule has 4 nitrogen and oxygen atoms in total. The van der Waals surface area contributed by atoms with Crippen molar-refractivity contribution >= 4 is 5.95 Å². The van der Waals surface area contributed by atoms with Crippen molar-refractivity contribution in [1.29, 1.82) is 0 Å². The average Bonchev–Trinajstić information content (AvgIpc) is 2.21. The quantitative estimate of drug-likeness (QED) is 0.697. The van der Waals surface area contributed by atoms with Gasteiger partial charge in [-0.05, 0) is 32.0 Å². The predicted octanol–water partition coefficient (Wildman–Crippen LogP) is 0.640. The number of aromatic nitrogens is 2. The Hall–Kier alpha value is -1.16. The predicted molar refractivity (Wildman–Crippen MR) is 51.5 cm³/mol. The van der Waals surface area contributed by atoms with Gasteiger partial charge in [0.25, 0.3) is 0 Å². The lowest BCUT2D eigenvalue weighted by molar-refractivity contribution is 0.477. The van der Waals surface area contributed by atoms with Gasteiger partial charge in [0.1, 0.15) is 0 Å². The number of anilines is 1. The van der Waals surface area contributed by atoms with Crippen LogP contribution in [0.25, 0.3) is 0 Å². The van der Waals surface area contributed by atoms with E-state index in [-0.39, 0.29) is 0 Å². The molecule has 2 rings (SSSR count). The molecule has 2 N–H and O–H groups in total. The van der Waals surface area contributed by atoms with Crippen molar-refractivity contribution in [1.82, 2.24) is 15.3 Å². The van der Waals surface area contributed by atoms with Crippen LogP contribution < -0.4 is 10.6 Å². The molecule has 13 heavy (non-hydrogen) atoms. The third kappa shape index (κ3) is 2.39. The van der Waals surface area contributed by atoms with Crippen molar-refractivity contribution in [2.75, 3.05) is 18.4 Å². The fourth-order valence-corrected chi connectivity index (χ4v) is 1.52. The lowest BCUT2D eigenvalue weighted by Crippen LogP contribution is -2.35.